The topological polar surface area (TPSA) is 63.1 Å². The average Bonchev–Trinajstić information content (AvgIpc) is 2.48. The Hall–Kier alpha value is -2.11. The molecule has 0 saturated carbocycles. The minimum absolute atomic E-state index is 0.0487. The van der Waals surface area contributed by atoms with E-state index >= 15 is 0 Å². The van der Waals surface area contributed by atoms with Crippen molar-refractivity contribution in [2.75, 3.05) is 0 Å². The lowest BCUT2D eigenvalue weighted by Crippen LogP contribution is -1.97. The highest BCUT2D eigenvalue weighted by atomic mass is 32.2. The van der Waals surface area contributed by atoms with Crippen LogP contribution in [0.3, 0.4) is 0 Å². The lowest BCUT2D eigenvalue weighted by molar-refractivity contribution is 0.563. The molecular formula is C16H14N2O2S. The van der Waals surface area contributed by atoms with Crippen LogP contribution in [-0.2, 0) is 16.8 Å². The van der Waals surface area contributed by atoms with E-state index in [9.17, 15) is 4.21 Å². The van der Waals surface area contributed by atoms with Crippen LogP contribution >= 0.6 is 0 Å². The van der Waals surface area contributed by atoms with E-state index in [0.717, 1.165) is 27.6 Å². The minimum Gasteiger partial charge on any atom is -0.306 e. The third kappa shape index (κ3) is 2.84. The molecule has 3 rings (SSSR count). The summed E-state index contributed by atoms with van der Waals surface area (Å²) in [6.07, 6.45) is 3.60. The first kappa shape index (κ1) is 13.9. The maximum Gasteiger partial charge on any atom is 0.158 e. The van der Waals surface area contributed by atoms with Crippen molar-refractivity contribution in [3.8, 4) is 11.1 Å². The number of pyridine rings is 2. The fourth-order valence-corrected chi connectivity index (χ4v) is 2.84. The van der Waals surface area contributed by atoms with Crippen LogP contribution in [-0.4, -0.2) is 18.7 Å². The summed E-state index contributed by atoms with van der Waals surface area (Å²) in [6.45, 7) is 1.97. The second-order valence-corrected chi connectivity index (χ2v) is 5.74. The van der Waals surface area contributed by atoms with Crippen molar-refractivity contribution in [3.63, 3.8) is 0 Å². The number of rotatable bonds is 3. The van der Waals surface area contributed by atoms with E-state index in [1.54, 1.807) is 12.3 Å². The molecule has 3 aromatic rings. The molecule has 21 heavy (non-hydrogen) atoms. The van der Waals surface area contributed by atoms with Gasteiger partial charge < -0.3 is 4.55 Å². The fraction of sp³-hybridized carbons (Fsp3) is 0.125. The third-order valence-electron chi connectivity index (χ3n) is 3.37. The zero-order valence-electron chi connectivity index (χ0n) is 11.5. The Bertz CT molecular complexity index is 816. The fourth-order valence-electron chi connectivity index (χ4n) is 2.41. The first-order valence-corrected chi connectivity index (χ1v) is 7.80. The van der Waals surface area contributed by atoms with Crippen LogP contribution in [0.4, 0.5) is 0 Å². The van der Waals surface area contributed by atoms with E-state index in [4.69, 9.17) is 4.55 Å². The van der Waals surface area contributed by atoms with E-state index in [2.05, 4.69) is 16.0 Å². The van der Waals surface area contributed by atoms with Gasteiger partial charge in [-0.2, -0.15) is 0 Å². The molecule has 0 aliphatic rings. The Morgan fingerprint density at radius 3 is 2.62 bits per heavy atom. The summed E-state index contributed by atoms with van der Waals surface area (Å²) in [5.41, 5.74) is 3.56. The number of hydrogen-bond acceptors (Lipinski definition) is 3. The second-order valence-electron chi connectivity index (χ2n) is 4.81. The molecule has 0 spiro atoms. The summed E-state index contributed by atoms with van der Waals surface area (Å²) in [6, 6.07) is 11.8. The van der Waals surface area contributed by atoms with E-state index in [1.807, 2.05) is 37.4 Å². The van der Waals surface area contributed by atoms with E-state index in [-0.39, 0.29) is 5.75 Å². The number of hydrogen-bond donors (Lipinski definition) is 1. The van der Waals surface area contributed by atoms with Gasteiger partial charge in [0, 0.05) is 34.6 Å². The Balaban J connectivity index is 2.11. The number of benzene rings is 1. The predicted octanol–water partition coefficient (Wildman–Crippen LogP) is 3.33. The van der Waals surface area contributed by atoms with Crippen molar-refractivity contribution < 1.29 is 8.76 Å². The van der Waals surface area contributed by atoms with Crippen LogP contribution in [0, 0.1) is 6.92 Å². The number of fused-ring (bicyclic) bond motifs is 1. The molecule has 1 N–H and O–H groups in total. The molecule has 0 saturated heterocycles. The lowest BCUT2D eigenvalue weighted by Gasteiger charge is -2.10. The Morgan fingerprint density at radius 2 is 1.90 bits per heavy atom. The first-order valence-electron chi connectivity index (χ1n) is 6.52. The van der Waals surface area contributed by atoms with Gasteiger partial charge in [-0.1, -0.05) is 30.3 Å². The van der Waals surface area contributed by atoms with Crippen LogP contribution in [0.2, 0.25) is 0 Å². The van der Waals surface area contributed by atoms with E-state index < -0.39 is 11.1 Å². The van der Waals surface area contributed by atoms with Gasteiger partial charge in [0.2, 0.25) is 0 Å². The maximum absolute atomic E-state index is 10.8. The molecule has 0 amide bonds. The molecule has 2 aromatic heterocycles. The molecule has 0 aliphatic heterocycles. The van der Waals surface area contributed by atoms with Gasteiger partial charge >= 0.3 is 0 Å². The molecule has 2 heterocycles. The molecule has 0 fully saturated rings. The van der Waals surface area contributed by atoms with Crippen molar-refractivity contribution in [1.82, 2.24) is 9.97 Å². The molecular weight excluding hydrogens is 284 g/mol. The van der Waals surface area contributed by atoms with Crippen LogP contribution < -0.4 is 0 Å². The summed E-state index contributed by atoms with van der Waals surface area (Å²) in [5, 5.41) is 2.21. The van der Waals surface area contributed by atoms with Crippen LogP contribution in [0.25, 0.3) is 21.9 Å². The van der Waals surface area contributed by atoms with Gasteiger partial charge in [0.05, 0.1) is 11.4 Å². The molecule has 0 aliphatic carbocycles. The van der Waals surface area contributed by atoms with Crippen LogP contribution in [0.15, 0.2) is 48.8 Å². The highest BCUT2D eigenvalue weighted by Gasteiger charge is 2.09. The maximum atomic E-state index is 10.8. The zero-order chi connectivity index (χ0) is 14.8. The van der Waals surface area contributed by atoms with Gasteiger partial charge in [-0.25, -0.2) is 4.21 Å². The van der Waals surface area contributed by atoms with Gasteiger partial charge in [0.25, 0.3) is 0 Å². The van der Waals surface area contributed by atoms with E-state index in [1.165, 1.54) is 0 Å². The standard InChI is InChI=1S/C16H14N2O2S/c1-11-16(15-5-3-2-4-12(15)8-17-11)13-6-7-14(18-9-13)10-21(19)20/h2-9H,10H2,1H3,(H,19,20). The highest BCUT2D eigenvalue weighted by molar-refractivity contribution is 7.78. The average molecular weight is 298 g/mol. The highest BCUT2D eigenvalue weighted by Crippen LogP contribution is 2.30. The monoisotopic (exact) mass is 298 g/mol. The third-order valence-corrected chi connectivity index (χ3v) is 3.92. The Kier molecular flexibility index (Phi) is 3.77. The van der Waals surface area contributed by atoms with Gasteiger partial charge in [-0.3, -0.25) is 9.97 Å². The number of aromatic nitrogens is 2. The Labute approximate surface area is 125 Å². The molecule has 1 aromatic carbocycles. The summed E-state index contributed by atoms with van der Waals surface area (Å²) >= 11 is -1.87. The van der Waals surface area contributed by atoms with Gasteiger partial charge in [-0.15, -0.1) is 0 Å². The van der Waals surface area contributed by atoms with Crippen LogP contribution in [0.5, 0.6) is 0 Å². The summed E-state index contributed by atoms with van der Waals surface area (Å²) in [4.78, 5) is 8.70. The van der Waals surface area contributed by atoms with Crippen LogP contribution in [0.1, 0.15) is 11.4 Å². The number of aryl methyl sites for hydroxylation is 1. The van der Waals surface area contributed by atoms with Crippen molar-refractivity contribution in [2.45, 2.75) is 12.7 Å². The van der Waals surface area contributed by atoms with Crippen molar-refractivity contribution in [2.24, 2.45) is 0 Å². The summed E-state index contributed by atoms with van der Waals surface area (Å²) in [7, 11) is 0. The van der Waals surface area contributed by atoms with Crippen molar-refractivity contribution in [1.29, 1.82) is 0 Å². The summed E-state index contributed by atoms with van der Waals surface area (Å²) in [5.74, 6) is 0.0487. The van der Waals surface area contributed by atoms with Crippen molar-refractivity contribution in [3.05, 3.63) is 60.2 Å². The van der Waals surface area contributed by atoms with Gasteiger partial charge in [0.15, 0.2) is 11.1 Å². The molecule has 0 radical (unpaired) electrons. The van der Waals surface area contributed by atoms with E-state index in [0.29, 0.717) is 5.69 Å². The second kappa shape index (κ2) is 5.71. The molecule has 4 nitrogen and oxygen atoms in total. The number of nitrogens with zero attached hydrogens (tertiary/aromatic N) is 2. The first-order chi connectivity index (χ1) is 10.1. The normalized spacial score (nSPS) is 12.5. The molecule has 5 heteroatoms. The van der Waals surface area contributed by atoms with Crippen molar-refractivity contribution >= 4 is 21.9 Å². The summed E-state index contributed by atoms with van der Waals surface area (Å²) < 4.78 is 19.7. The predicted molar refractivity (Wildman–Crippen MR) is 84.2 cm³/mol. The zero-order valence-corrected chi connectivity index (χ0v) is 12.3. The molecule has 1 atom stereocenters. The molecule has 0 bridgehead atoms. The Morgan fingerprint density at radius 1 is 1.10 bits per heavy atom. The SMILES string of the molecule is Cc1ncc2ccccc2c1-c1ccc(CS(=O)O)nc1. The lowest BCUT2D eigenvalue weighted by atomic mass is 9.99. The quantitative estimate of drug-likeness (QED) is 0.753. The van der Waals surface area contributed by atoms with Gasteiger partial charge in [0.1, 0.15) is 0 Å². The largest absolute Gasteiger partial charge is 0.306 e. The molecule has 1 unspecified atom stereocenters. The minimum atomic E-state index is -1.87. The smallest absolute Gasteiger partial charge is 0.158 e. The molecule has 106 valence electrons. The van der Waals surface area contributed by atoms with Gasteiger partial charge in [-0.05, 0) is 18.4 Å².